The molecule has 0 aliphatic carbocycles. The normalized spacial score (nSPS) is 15.2. The quantitative estimate of drug-likeness (QED) is 0.462. The van der Waals surface area contributed by atoms with Gasteiger partial charge in [-0.15, -0.1) is 15.3 Å². The summed E-state index contributed by atoms with van der Waals surface area (Å²) in [7, 11) is 5.81. The summed E-state index contributed by atoms with van der Waals surface area (Å²) in [5.74, 6) is 1.20. The molecule has 0 unspecified atom stereocenters. The molecule has 5 rings (SSSR count). The number of rotatable bonds is 5. The van der Waals surface area contributed by atoms with Crippen molar-refractivity contribution in [1.29, 1.82) is 0 Å². The van der Waals surface area contributed by atoms with Gasteiger partial charge >= 0.3 is 6.18 Å². The zero-order chi connectivity index (χ0) is 24.7. The average Bonchev–Trinajstić information content (AvgIpc) is 3.24. The first-order valence-electron chi connectivity index (χ1n) is 11.3. The van der Waals surface area contributed by atoms with Crippen LogP contribution in [0.4, 0.5) is 30.4 Å². The van der Waals surface area contributed by atoms with Gasteiger partial charge < -0.3 is 20.0 Å². The van der Waals surface area contributed by atoms with Crippen LogP contribution < -0.4 is 15.1 Å². The van der Waals surface area contributed by atoms with E-state index in [1.165, 1.54) is 0 Å². The van der Waals surface area contributed by atoms with Crippen molar-refractivity contribution < 1.29 is 13.2 Å². The summed E-state index contributed by atoms with van der Waals surface area (Å²) >= 11 is 0. The van der Waals surface area contributed by atoms with Crippen molar-refractivity contribution in [1.82, 2.24) is 29.7 Å². The van der Waals surface area contributed by atoms with E-state index in [0.717, 1.165) is 44.0 Å². The lowest BCUT2D eigenvalue weighted by atomic mass is 10.1. The third-order valence-electron chi connectivity index (χ3n) is 6.19. The molecule has 1 N–H and O–H groups in total. The number of pyridine rings is 1. The molecule has 3 aromatic heterocycles. The van der Waals surface area contributed by atoms with E-state index < -0.39 is 11.7 Å². The minimum atomic E-state index is -4.49. The van der Waals surface area contributed by atoms with Crippen LogP contribution in [0.15, 0.2) is 36.5 Å². The number of nitrogens with zero attached hydrogens (tertiary/aromatic N) is 8. The van der Waals surface area contributed by atoms with Crippen molar-refractivity contribution in [2.24, 2.45) is 0 Å². The molecular formula is C23H26F3N9. The van der Waals surface area contributed by atoms with Crippen molar-refractivity contribution >= 4 is 33.7 Å². The number of hydrogen-bond donors (Lipinski definition) is 1. The molecule has 4 heterocycles. The SMILES string of the molecule is CN1CCN(c2cnc3cc(C(F)(F)F)cc(NCc4nnc5ccc(N(C)C)nn45)c3c2)CC1. The second kappa shape index (κ2) is 8.84. The van der Waals surface area contributed by atoms with Crippen LogP contribution in [0.3, 0.4) is 0 Å². The second-order valence-electron chi connectivity index (χ2n) is 8.90. The number of nitrogens with one attached hydrogen (secondary N) is 1. The zero-order valence-corrected chi connectivity index (χ0v) is 19.7. The van der Waals surface area contributed by atoms with Gasteiger partial charge in [-0.2, -0.15) is 17.7 Å². The third kappa shape index (κ3) is 4.65. The number of piperazine rings is 1. The summed E-state index contributed by atoms with van der Waals surface area (Å²) in [6.07, 6.45) is -2.84. The van der Waals surface area contributed by atoms with Gasteiger partial charge in [0, 0.05) is 51.3 Å². The highest BCUT2D eigenvalue weighted by Crippen LogP contribution is 2.36. The fourth-order valence-electron chi connectivity index (χ4n) is 4.11. The van der Waals surface area contributed by atoms with Crippen LogP contribution in [0, 0.1) is 0 Å². The molecule has 184 valence electrons. The maximum atomic E-state index is 13.6. The van der Waals surface area contributed by atoms with E-state index >= 15 is 0 Å². The van der Waals surface area contributed by atoms with E-state index in [4.69, 9.17) is 0 Å². The Morgan fingerprint density at radius 2 is 1.80 bits per heavy atom. The molecular weight excluding hydrogens is 459 g/mol. The molecule has 35 heavy (non-hydrogen) atoms. The number of anilines is 3. The van der Waals surface area contributed by atoms with Gasteiger partial charge in [0.2, 0.25) is 0 Å². The minimum absolute atomic E-state index is 0.139. The van der Waals surface area contributed by atoms with E-state index in [0.29, 0.717) is 28.4 Å². The van der Waals surface area contributed by atoms with Crippen LogP contribution in [0.2, 0.25) is 0 Å². The highest BCUT2D eigenvalue weighted by molar-refractivity contribution is 5.94. The minimum Gasteiger partial charge on any atom is -0.377 e. The average molecular weight is 486 g/mol. The first-order chi connectivity index (χ1) is 16.7. The number of hydrogen-bond acceptors (Lipinski definition) is 8. The van der Waals surface area contributed by atoms with Gasteiger partial charge in [0.1, 0.15) is 5.82 Å². The summed E-state index contributed by atoms with van der Waals surface area (Å²) in [4.78, 5) is 10.7. The number of alkyl halides is 3. The van der Waals surface area contributed by atoms with Crippen molar-refractivity contribution in [3.63, 3.8) is 0 Å². The third-order valence-corrected chi connectivity index (χ3v) is 6.19. The van der Waals surface area contributed by atoms with E-state index in [-0.39, 0.29) is 12.1 Å². The summed E-state index contributed by atoms with van der Waals surface area (Å²) < 4.78 is 42.5. The van der Waals surface area contributed by atoms with Gasteiger partial charge in [-0.05, 0) is 37.4 Å². The lowest BCUT2D eigenvalue weighted by Gasteiger charge is -2.34. The first-order valence-corrected chi connectivity index (χ1v) is 11.3. The summed E-state index contributed by atoms with van der Waals surface area (Å²) in [5.41, 5.74) is 1.29. The number of likely N-dealkylation sites (N-methyl/N-ethyl adjacent to an activating group) is 1. The highest BCUT2D eigenvalue weighted by atomic mass is 19.4. The van der Waals surface area contributed by atoms with Gasteiger partial charge in [0.25, 0.3) is 0 Å². The Labute approximate surface area is 200 Å². The lowest BCUT2D eigenvalue weighted by molar-refractivity contribution is -0.137. The van der Waals surface area contributed by atoms with Gasteiger partial charge in [0.05, 0.1) is 29.5 Å². The van der Waals surface area contributed by atoms with Crippen molar-refractivity contribution in [3.8, 4) is 0 Å². The molecule has 0 radical (unpaired) electrons. The van der Waals surface area contributed by atoms with Gasteiger partial charge in [0.15, 0.2) is 11.5 Å². The summed E-state index contributed by atoms with van der Waals surface area (Å²) in [5, 5.41) is 16.6. The monoisotopic (exact) mass is 485 g/mol. The van der Waals surface area contributed by atoms with Gasteiger partial charge in [-0.1, -0.05) is 0 Å². The van der Waals surface area contributed by atoms with Gasteiger partial charge in [-0.3, -0.25) is 4.98 Å². The summed E-state index contributed by atoms with van der Waals surface area (Å²) in [6, 6.07) is 7.74. The smallest absolute Gasteiger partial charge is 0.377 e. The first kappa shape index (κ1) is 23.1. The molecule has 1 aliphatic heterocycles. The van der Waals surface area contributed by atoms with Crippen LogP contribution in [-0.4, -0.2) is 77.0 Å². The molecule has 1 aliphatic rings. The van der Waals surface area contributed by atoms with Crippen LogP contribution >= 0.6 is 0 Å². The molecule has 1 saturated heterocycles. The lowest BCUT2D eigenvalue weighted by Crippen LogP contribution is -2.44. The zero-order valence-electron chi connectivity index (χ0n) is 19.7. The fourth-order valence-corrected chi connectivity index (χ4v) is 4.11. The Bertz CT molecular complexity index is 1360. The Hall–Kier alpha value is -3.67. The van der Waals surface area contributed by atoms with E-state index in [2.05, 4.69) is 42.4 Å². The molecule has 0 spiro atoms. The van der Waals surface area contributed by atoms with E-state index in [9.17, 15) is 13.2 Å². The summed E-state index contributed by atoms with van der Waals surface area (Å²) in [6.45, 7) is 3.63. The van der Waals surface area contributed by atoms with Crippen LogP contribution in [0.5, 0.6) is 0 Å². The van der Waals surface area contributed by atoms with E-state index in [1.807, 2.05) is 31.1 Å². The molecule has 1 aromatic carbocycles. The maximum Gasteiger partial charge on any atom is 0.416 e. The number of aromatic nitrogens is 5. The highest BCUT2D eigenvalue weighted by Gasteiger charge is 2.32. The largest absolute Gasteiger partial charge is 0.416 e. The second-order valence-corrected chi connectivity index (χ2v) is 8.90. The molecule has 4 aromatic rings. The number of benzene rings is 1. The predicted molar refractivity (Wildman–Crippen MR) is 129 cm³/mol. The molecule has 12 heteroatoms. The molecule has 0 saturated carbocycles. The van der Waals surface area contributed by atoms with Crippen molar-refractivity contribution in [2.45, 2.75) is 12.7 Å². The van der Waals surface area contributed by atoms with Crippen LogP contribution in [0.25, 0.3) is 16.6 Å². The number of fused-ring (bicyclic) bond motifs is 2. The Morgan fingerprint density at radius 1 is 1.03 bits per heavy atom. The molecule has 9 nitrogen and oxygen atoms in total. The maximum absolute atomic E-state index is 13.6. The van der Waals surface area contributed by atoms with Crippen molar-refractivity contribution in [3.05, 3.63) is 47.9 Å². The topological polar surface area (TPSA) is 77.7 Å². The molecule has 0 atom stereocenters. The van der Waals surface area contributed by atoms with E-state index in [1.54, 1.807) is 16.8 Å². The van der Waals surface area contributed by atoms with Gasteiger partial charge in [-0.25, -0.2) is 0 Å². The van der Waals surface area contributed by atoms with Crippen molar-refractivity contribution in [2.75, 3.05) is 62.4 Å². The Balaban J connectivity index is 1.51. The molecule has 0 amide bonds. The Morgan fingerprint density at radius 3 is 2.51 bits per heavy atom. The molecule has 1 fully saturated rings. The predicted octanol–water partition coefficient (Wildman–Crippen LogP) is 3.12. The Kier molecular flexibility index (Phi) is 5.83. The number of halogens is 3. The van der Waals surface area contributed by atoms with Crippen LogP contribution in [-0.2, 0) is 12.7 Å². The van der Waals surface area contributed by atoms with Crippen LogP contribution in [0.1, 0.15) is 11.4 Å². The molecule has 0 bridgehead atoms. The standard InChI is InChI=1S/C23H26F3N9/c1-32(2)21-5-4-20-29-30-22(35(20)31-21)14-28-19-11-15(23(24,25)26)10-18-17(19)12-16(13-27-18)34-8-6-33(3)7-9-34/h4-5,10-13,28H,6-9,14H2,1-3H3. The fraction of sp³-hybridized carbons (Fsp3) is 0.391.